The molecule has 2 aliphatic heterocycles. The highest BCUT2D eigenvalue weighted by Crippen LogP contribution is 2.52. The van der Waals surface area contributed by atoms with Crippen molar-refractivity contribution in [2.75, 3.05) is 0 Å². The van der Waals surface area contributed by atoms with Crippen LogP contribution in [0.1, 0.15) is 46.0 Å². The van der Waals surface area contributed by atoms with Gasteiger partial charge in [0.2, 0.25) is 0 Å². The van der Waals surface area contributed by atoms with Crippen LogP contribution in [0.2, 0.25) is 0 Å². The zero-order valence-electron chi connectivity index (χ0n) is 9.50. The molecule has 2 saturated heterocycles. The normalized spacial score (nSPS) is 55.3. The van der Waals surface area contributed by atoms with Crippen LogP contribution >= 0.6 is 0 Å². The Morgan fingerprint density at radius 2 is 2.07 bits per heavy atom. The predicted octanol–water partition coefficient (Wildman–Crippen LogP) is 2.81. The van der Waals surface area contributed by atoms with E-state index in [1.165, 1.54) is 32.1 Å². The predicted molar refractivity (Wildman–Crippen MR) is 59.1 cm³/mol. The zero-order chi connectivity index (χ0) is 9.71. The minimum atomic E-state index is 0.896. The Morgan fingerprint density at radius 1 is 1.21 bits per heavy atom. The molecular formula is C13H23N. The van der Waals surface area contributed by atoms with Crippen molar-refractivity contribution in [2.24, 2.45) is 23.7 Å². The average Bonchev–Trinajstić information content (AvgIpc) is 2.18. The second-order valence-corrected chi connectivity index (χ2v) is 5.91. The van der Waals surface area contributed by atoms with E-state index in [4.69, 9.17) is 0 Å². The molecule has 0 radical (unpaired) electrons. The van der Waals surface area contributed by atoms with Crippen molar-refractivity contribution in [3.05, 3.63) is 0 Å². The van der Waals surface area contributed by atoms with Gasteiger partial charge in [0, 0.05) is 12.1 Å². The highest BCUT2D eigenvalue weighted by molar-refractivity contribution is 5.05. The van der Waals surface area contributed by atoms with Crippen LogP contribution < -0.4 is 5.32 Å². The lowest BCUT2D eigenvalue weighted by Gasteiger charge is -2.58. The summed E-state index contributed by atoms with van der Waals surface area (Å²) in [4.78, 5) is 0. The van der Waals surface area contributed by atoms with Crippen LogP contribution in [0.15, 0.2) is 0 Å². The molecule has 0 aromatic heterocycles. The molecule has 4 aliphatic rings. The van der Waals surface area contributed by atoms with E-state index < -0.39 is 0 Å². The molecule has 80 valence electrons. The fourth-order valence-electron chi connectivity index (χ4n) is 4.62. The highest BCUT2D eigenvalue weighted by Gasteiger charge is 2.50. The van der Waals surface area contributed by atoms with Gasteiger partial charge in [0.15, 0.2) is 0 Å². The third-order valence-electron chi connectivity index (χ3n) is 5.26. The highest BCUT2D eigenvalue weighted by atomic mass is 15.0. The first-order valence-electron chi connectivity index (χ1n) is 6.55. The molecule has 6 atom stereocenters. The van der Waals surface area contributed by atoms with E-state index in [0.717, 1.165) is 35.8 Å². The van der Waals surface area contributed by atoms with Crippen LogP contribution in [0.5, 0.6) is 0 Å². The lowest BCUT2D eigenvalue weighted by atomic mass is 9.54. The average molecular weight is 193 g/mol. The molecule has 0 amide bonds. The smallest absolute Gasteiger partial charge is 0.0103 e. The second kappa shape index (κ2) is 3.23. The van der Waals surface area contributed by atoms with Crippen LogP contribution in [0.25, 0.3) is 0 Å². The van der Waals surface area contributed by atoms with Gasteiger partial charge in [0.1, 0.15) is 0 Å². The quantitative estimate of drug-likeness (QED) is 0.711. The van der Waals surface area contributed by atoms with Crippen molar-refractivity contribution in [3.8, 4) is 0 Å². The molecule has 1 nitrogen and oxygen atoms in total. The number of piperidine rings is 2. The Morgan fingerprint density at radius 3 is 2.86 bits per heavy atom. The van der Waals surface area contributed by atoms with Crippen molar-refractivity contribution in [1.29, 1.82) is 0 Å². The van der Waals surface area contributed by atoms with Crippen LogP contribution in [-0.4, -0.2) is 12.1 Å². The van der Waals surface area contributed by atoms with Gasteiger partial charge in [-0.15, -0.1) is 0 Å². The van der Waals surface area contributed by atoms with E-state index in [0.29, 0.717) is 0 Å². The third-order valence-corrected chi connectivity index (χ3v) is 5.26. The molecule has 2 saturated carbocycles. The van der Waals surface area contributed by atoms with Crippen molar-refractivity contribution in [3.63, 3.8) is 0 Å². The first kappa shape index (κ1) is 9.21. The third kappa shape index (κ3) is 1.18. The summed E-state index contributed by atoms with van der Waals surface area (Å²) < 4.78 is 0. The molecule has 4 bridgehead atoms. The maximum Gasteiger partial charge on any atom is 0.0103 e. The van der Waals surface area contributed by atoms with Crippen molar-refractivity contribution in [2.45, 2.75) is 58.0 Å². The van der Waals surface area contributed by atoms with Gasteiger partial charge in [-0.2, -0.15) is 0 Å². The van der Waals surface area contributed by atoms with E-state index in [-0.39, 0.29) is 0 Å². The summed E-state index contributed by atoms with van der Waals surface area (Å²) in [6, 6.07) is 1.79. The summed E-state index contributed by atoms with van der Waals surface area (Å²) in [6.07, 6.45) is 7.29. The summed E-state index contributed by atoms with van der Waals surface area (Å²) in [5.41, 5.74) is 0. The molecule has 1 N–H and O–H groups in total. The first-order valence-corrected chi connectivity index (χ1v) is 6.55. The SMILES string of the molecule is CCCC1C2CC3CC(CC1C3C)N2. The summed E-state index contributed by atoms with van der Waals surface area (Å²) in [7, 11) is 0. The summed E-state index contributed by atoms with van der Waals surface area (Å²) in [5, 5.41) is 3.87. The lowest BCUT2D eigenvalue weighted by Crippen LogP contribution is -2.63. The van der Waals surface area contributed by atoms with Crippen molar-refractivity contribution in [1.82, 2.24) is 5.32 Å². The number of rotatable bonds is 2. The molecule has 0 aromatic rings. The summed E-state index contributed by atoms with van der Waals surface area (Å²) in [5.74, 6) is 4.18. The first-order chi connectivity index (χ1) is 6.79. The summed E-state index contributed by atoms with van der Waals surface area (Å²) in [6.45, 7) is 4.87. The number of nitrogens with one attached hydrogen (secondary N) is 1. The summed E-state index contributed by atoms with van der Waals surface area (Å²) >= 11 is 0. The maximum absolute atomic E-state index is 3.87. The number of hydrogen-bond donors (Lipinski definition) is 1. The monoisotopic (exact) mass is 193 g/mol. The lowest BCUT2D eigenvalue weighted by molar-refractivity contribution is -0.0463. The van der Waals surface area contributed by atoms with Gasteiger partial charge in [-0.25, -0.2) is 0 Å². The van der Waals surface area contributed by atoms with Gasteiger partial charge in [0.05, 0.1) is 0 Å². The minimum Gasteiger partial charge on any atom is -0.311 e. The van der Waals surface area contributed by atoms with Gasteiger partial charge in [-0.05, 0) is 49.4 Å². The van der Waals surface area contributed by atoms with E-state index in [1.54, 1.807) is 0 Å². The minimum absolute atomic E-state index is 0.896. The molecule has 0 spiro atoms. The van der Waals surface area contributed by atoms with E-state index in [1.807, 2.05) is 0 Å². The fourth-order valence-corrected chi connectivity index (χ4v) is 4.62. The van der Waals surface area contributed by atoms with Crippen LogP contribution in [-0.2, 0) is 0 Å². The Labute approximate surface area is 87.7 Å². The molecule has 1 heteroatoms. The molecule has 14 heavy (non-hydrogen) atoms. The second-order valence-electron chi connectivity index (χ2n) is 5.91. The van der Waals surface area contributed by atoms with Gasteiger partial charge < -0.3 is 5.32 Å². The molecule has 2 aliphatic carbocycles. The van der Waals surface area contributed by atoms with Crippen molar-refractivity contribution >= 4 is 0 Å². The van der Waals surface area contributed by atoms with Gasteiger partial charge in [-0.3, -0.25) is 0 Å². The molecule has 4 fully saturated rings. The van der Waals surface area contributed by atoms with Crippen LogP contribution in [0.3, 0.4) is 0 Å². The fraction of sp³-hybridized carbons (Fsp3) is 1.00. The Hall–Kier alpha value is -0.0400. The molecular weight excluding hydrogens is 170 g/mol. The largest absolute Gasteiger partial charge is 0.311 e. The standard InChI is InChI=1S/C13H23N/c1-3-4-11-12-7-10-5-9(8(12)2)6-13(11)14-10/h8-14H,3-7H2,1-2H3. The Balaban J connectivity index is 1.82. The zero-order valence-corrected chi connectivity index (χ0v) is 9.50. The topological polar surface area (TPSA) is 12.0 Å². The van der Waals surface area contributed by atoms with Gasteiger partial charge >= 0.3 is 0 Å². The van der Waals surface area contributed by atoms with Crippen LogP contribution in [0.4, 0.5) is 0 Å². The molecule has 2 heterocycles. The van der Waals surface area contributed by atoms with E-state index in [2.05, 4.69) is 19.2 Å². The molecule has 4 rings (SSSR count). The Kier molecular flexibility index (Phi) is 2.12. The number of hydrogen-bond acceptors (Lipinski definition) is 1. The molecule has 6 unspecified atom stereocenters. The maximum atomic E-state index is 3.87. The van der Waals surface area contributed by atoms with Gasteiger partial charge in [-0.1, -0.05) is 20.3 Å². The van der Waals surface area contributed by atoms with Gasteiger partial charge in [0.25, 0.3) is 0 Å². The van der Waals surface area contributed by atoms with Crippen LogP contribution in [0, 0.1) is 23.7 Å². The molecule has 0 aromatic carbocycles. The van der Waals surface area contributed by atoms with E-state index in [9.17, 15) is 0 Å². The van der Waals surface area contributed by atoms with E-state index >= 15 is 0 Å². The Bertz CT molecular complexity index is 225. The van der Waals surface area contributed by atoms with Crippen molar-refractivity contribution < 1.29 is 0 Å².